The molecular weight excluding hydrogens is 160 g/mol. The lowest BCUT2D eigenvalue weighted by atomic mass is 10.3. The van der Waals surface area contributed by atoms with Crippen LogP contribution in [0.3, 0.4) is 0 Å². The molecule has 2 aromatic heterocycles. The van der Waals surface area contributed by atoms with Crippen molar-refractivity contribution in [2.45, 2.75) is 5.88 Å². The smallest absolute Gasteiger partial charge is 0.0878 e. The maximum absolute atomic E-state index is 5.64. The number of pyridine rings is 1. The normalized spacial score (nSPS) is 10.6. The molecule has 0 radical (unpaired) electrons. The number of aromatic nitrogens is 2. The summed E-state index contributed by atoms with van der Waals surface area (Å²) in [7, 11) is 0. The zero-order valence-corrected chi connectivity index (χ0v) is 6.60. The molecule has 0 atom stereocenters. The average molecular weight is 167 g/mol. The third kappa shape index (κ3) is 1.10. The average Bonchev–Trinajstić information content (AvgIpc) is 2.50. The van der Waals surface area contributed by atoms with Crippen LogP contribution in [0.1, 0.15) is 5.56 Å². The minimum absolute atomic E-state index is 0.516. The van der Waals surface area contributed by atoms with Gasteiger partial charge in [0, 0.05) is 18.3 Å². The number of rotatable bonds is 1. The zero-order valence-electron chi connectivity index (χ0n) is 5.84. The first kappa shape index (κ1) is 6.68. The number of hydrogen-bond donors (Lipinski definition) is 1. The third-order valence-corrected chi connectivity index (χ3v) is 1.92. The number of aromatic amines is 1. The summed E-state index contributed by atoms with van der Waals surface area (Å²) in [6.07, 6.45) is 3.67. The van der Waals surface area contributed by atoms with Gasteiger partial charge in [0.1, 0.15) is 0 Å². The summed E-state index contributed by atoms with van der Waals surface area (Å²) >= 11 is 5.64. The van der Waals surface area contributed by atoms with Crippen LogP contribution >= 0.6 is 11.6 Å². The van der Waals surface area contributed by atoms with Gasteiger partial charge in [0.2, 0.25) is 0 Å². The number of fused-ring (bicyclic) bond motifs is 1. The molecular formula is C8H7ClN2. The van der Waals surface area contributed by atoms with Gasteiger partial charge in [-0.25, -0.2) is 0 Å². The van der Waals surface area contributed by atoms with Crippen LogP contribution in [0, 0.1) is 0 Å². The largest absolute Gasteiger partial charge is 0.360 e. The molecule has 0 amide bonds. The van der Waals surface area contributed by atoms with Crippen molar-refractivity contribution in [2.24, 2.45) is 0 Å². The standard InChI is InChI=1S/C8H7ClN2/c9-4-6-3-8-7(11-5-6)1-2-10-8/h1-3,5,10H,4H2. The highest BCUT2D eigenvalue weighted by molar-refractivity contribution is 6.17. The van der Waals surface area contributed by atoms with E-state index in [2.05, 4.69) is 9.97 Å². The molecule has 0 spiro atoms. The fraction of sp³-hybridized carbons (Fsp3) is 0.125. The molecule has 0 unspecified atom stereocenters. The van der Waals surface area contributed by atoms with Gasteiger partial charge in [-0.05, 0) is 17.7 Å². The zero-order chi connectivity index (χ0) is 7.68. The van der Waals surface area contributed by atoms with E-state index in [0.717, 1.165) is 16.6 Å². The van der Waals surface area contributed by atoms with Crippen LogP contribution in [0.15, 0.2) is 24.5 Å². The lowest BCUT2D eigenvalue weighted by molar-refractivity contribution is 1.30. The van der Waals surface area contributed by atoms with Crippen LogP contribution in [-0.2, 0) is 5.88 Å². The van der Waals surface area contributed by atoms with Crippen LogP contribution < -0.4 is 0 Å². The summed E-state index contributed by atoms with van der Waals surface area (Å²) in [6.45, 7) is 0. The quantitative estimate of drug-likeness (QED) is 0.647. The minimum atomic E-state index is 0.516. The molecule has 0 saturated carbocycles. The van der Waals surface area contributed by atoms with Gasteiger partial charge in [-0.3, -0.25) is 4.98 Å². The first-order valence-electron chi connectivity index (χ1n) is 3.38. The predicted octanol–water partition coefficient (Wildman–Crippen LogP) is 2.30. The number of halogens is 1. The van der Waals surface area contributed by atoms with Crippen LogP contribution in [0.2, 0.25) is 0 Å². The van der Waals surface area contributed by atoms with E-state index >= 15 is 0 Å². The highest BCUT2D eigenvalue weighted by Crippen LogP contribution is 2.11. The Hall–Kier alpha value is -1.02. The second-order valence-corrected chi connectivity index (χ2v) is 2.65. The SMILES string of the molecule is ClCc1cnc2cc[nH]c2c1. The lowest BCUT2D eigenvalue weighted by Gasteiger charge is -1.92. The Morgan fingerprint density at radius 2 is 2.45 bits per heavy atom. The van der Waals surface area contributed by atoms with E-state index in [1.54, 1.807) is 6.20 Å². The Labute approximate surface area is 69.2 Å². The second kappa shape index (κ2) is 2.55. The number of alkyl halides is 1. The van der Waals surface area contributed by atoms with Gasteiger partial charge in [-0.15, -0.1) is 11.6 Å². The van der Waals surface area contributed by atoms with Crippen molar-refractivity contribution < 1.29 is 0 Å². The van der Waals surface area contributed by atoms with Gasteiger partial charge in [0.15, 0.2) is 0 Å². The molecule has 0 fully saturated rings. The fourth-order valence-corrected chi connectivity index (χ4v) is 1.20. The van der Waals surface area contributed by atoms with Crippen molar-refractivity contribution in [1.29, 1.82) is 0 Å². The molecule has 0 aliphatic rings. The molecule has 3 heteroatoms. The summed E-state index contributed by atoms with van der Waals surface area (Å²) in [5, 5.41) is 0. The summed E-state index contributed by atoms with van der Waals surface area (Å²) in [4.78, 5) is 7.27. The van der Waals surface area contributed by atoms with E-state index in [0.29, 0.717) is 5.88 Å². The third-order valence-electron chi connectivity index (χ3n) is 1.61. The van der Waals surface area contributed by atoms with Crippen LogP contribution in [0.5, 0.6) is 0 Å². The molecule has 0 aromatic carbocycles. The van der Waals surface area contributed by atoms with Crippen molar-refractivity contribution in [3.63, 3.8) is 0 Å². The van der Waals surface area contributed by atoms with Crippen molar-refractivity contribution >= 4 is 22.6 Å². The molecule has 2 rings (SSSR count). The molecule has 1 N–H and O–H groups in total. The predicted molar refractivity (Wildman–Crippen MR) is 45.7 cm³/mol. The van der Waals surface area contributed by atoms with E-state index in [-0.39, 0.29) is 0 Å². The lowest BCUT2D eigenvalue weighted by Crippen LogP contribution is -1.80. The summed E-state index contributed by atoms with van der Waals surface area (Å²) in [5.41, 5.74) is 3.07. The Morgan fingerprint density at radius 3 is 3.27 bits per heavy atom. The first-order chi connectivity index (χ1) is 5.40. The van der Waals surface area contributed by atoms with Gasteiger partial charge < -0.3 is 4.98 Å². The van der Waals surface area contributed by atoms with Gasteiger partial charge in [-0.2, -0.15) is 0 Å². The van der Waals surface area contributed by atoms with E-state index in [4.69, 9.17) is 11.6 Å². The van der Waals surface area contributed by atoms with Crippen LogP contribution in [0.4, 0.5) is 0 Å². The van der Waals surface area contributed by atoms with E-state index in [1.165, 1.54) is 0 Å². The molecule has 0 bridgehead atoms. The van der Waals surface area contributed by atoms with Gasteiger partial charge in [0.05, 0.1) is 11.0 Å². The molecule has 2 nitrogen and oxygen atoms in total. The highest BCUT2D eigenvalue weighted by Gasteiger charge is 1.95. The summed E-state index contributed by atoms with van der Waals surface area (Å²) < 4.78 is 0. The van der Waals surface area contributed by atoms with Gasteiger partial charge >= 0.3 is 0 Å². The first-order valence-corrected chi connectivity index (χ1v) is 3.91. The van der Waals surface area contributed by atoms with Crippen LogP contribution in [0.25, 0.3) is 11.0 Å². The topological polar surface area (TPSA) is 28.7 Å². The van der Waals surface area contributed by atoms with Crippen molar-refractivity contribution in [1.82, 2.24) is 9.97 Å². The number of nitrogens with zero attached hydrogens (tertiary/aromatic N) is 1. The Bertz CT molecular complexity index is 367. The fourth-order valence-electron chi connectivity index (χ4n) is 1.05. The molecule has 2 heterocycles. The maximum atomic E-state index is 5.64. The minimum Gasteiger partial charge on any atom is -0.360 e. The monoisotopic (exact) mass is 166 g/mol. The summed E-state index contributed by atoms with van der Waals surface area (Å²) in [6, 6.07) is 3.95. The van der Waals surface area contributed by atoms with E-state index < -0.39 is 0 Å². The van der Waals surface area contributed by atoms with Crippen LogP contribution in [-0.4, -0.2) is 9.97 Å². The Balaban J connectivity index is 2.67. The highest BCUT2D eigenvalue weighted by atomic mass is 35.5. The maximum Gasteiger partial charge on any atom is 0.0878 e. The number of H-pyrrole nitrogens is 1. The molecule has 0 aliphatic carbocycles. The molecule has 11 heavy (non-hydrogen) atoms. The Kier molecular flexibility index (Phi) is 1.55. The van der Waals surface area contributed by atoms with Crippen molar-refractivity contribution in [3.8, 4) is 0 Å². The van der Waals surface area contributed by atoms with Gasteiger partial charge in [0.25, 0.3) is 0 Å². The Morgan fingerprint density at radius 1 is 1.55 bits per heavy atom. The van der Waals surface area contributed by atoms with E-state index in [9.17, 15) is 0 Å². The number of nitrogens with one attached hydrogen (secondary N) is 1. The molecule has 56 valence electrons. The molecule has 0 aliphatic heterocycles. The second-order valence-electron chi connectivity index (χ2n) is 2.39. The molecule has 0 saturated heterocycles. The summed E-state index contributed by atoms with van der Waals surface area (Å²) in [5.74, 6) is 0.516. The van der Waals surface area contributed by atoms with Crippen molar-refractivity contribution in [3.05, 3.63) is 30.1 Å². The number of hydrogen-bond acceptors (Lipinski definition) is 1. The van der Waals surface area contributed by atoms with Crippen molar-refractivity contribution in [2.75, 3.05) is 0 Å². The van der Waals surface area contributed by atoms with E-state index in [1.807, 2.05) is 18.3 Å². The molecule has 2 aromatic rings. The van der Waals surface area contributed by atoms with Gasteiger partial charge in [-0.1, -0.05) is 0 Å².